The number of alkyl halides is 4. The molecule has 0 aromatic heterocycles. The van der Waals surface area contributed by atoms with Gasteiger partial charge in [-0.25, -0.2) is 0 Å². The van der Waals surface area contributed by atoms with Crippen molar-refractivity contribution < 1.29 is 13.2 Å². The smallest absolute Gasteiger partial charge is 0.377 e. The van der Waals surface area contributed by atoms with E-state index in [0.717, 1.165) is 6.07 Å². The van der Waals surface area contributed by atoms with Crippen molar-refractivity contribution in [3.8, 4) is 0 Å². The van der Waals surface area contributed by atoms with Crippen molar-refractivity contribution in [3.05, 3.63) is 51.5 Å². The van der Waals surface area contributed by atoms with Crippen LogP contribution in [0.3, 0.4) is 0 Å². The highest BCUT2D eigenvalue weighted by Gasteiger charge is 2.35. The molecule has 22 heavy (non-hydrogen) atoms. The lowest BCUT2D eigenvalue weighted by atomic mass is 9.90. The Balaban J connectivity index is 2.54. The van der Waals surface area contributed by atoms with Crippen LogP contribution < -0.4 is 4.90 Å². The van der Waals surface area contributed by atoms with E-state index in [-0.39, 0.29) is 5.69 Å². The van der Waals surface area contributed by atoms with Crippen molar-refractivity contribution in [2.24, 2.45) is 0 Å². The first kappa shape index (κ1) is 17.5. The second-order valence-corrected chi connectivity index (χ2v) is 6.46. The van der Waals surface area contributed by atoms with E-state index in [9.17, 15) is 13.2 Å². The lowest BCUT2D eigenvalue weighted by Crippen LogP contribution is -2.19. The third-order valence-electron chi connectivity index (χ3n) is 3.41. The number of rotatable bonds is 2. The average molecular weight is 371 g/mol. The first-order valence-corrected chi connectivity index (χ1v) is 7.58. The summed E-state index contributed by atoms with van der Waals surface area (Å²) >= 11 is 18.4. The van der Waals surface area contributed by atoms with Gasteiger partial charge >= 0.3 is 6.18 Å². The zero-order valence-electron chi connectivity index (χ0n) is 11.8. The molecule has 0 saturated heterocycles. The van der Waals surface area contributed by atoms with Gasteiger partial charge in [0, 0.05) is 30.7 Å². The quantitative estimate of drug-likeness (QED) is 0.602. The summed E-state index contributed by atoms with van der Waals surface area (Å²) in [4.78, 5) is 1.41. The Morgan fingerprint density at radius 1 is 1.14 bits per heavy atom. The maximum atomic E-state index is 13.1. The molecule has 1 aromatic carbocycles. The molecule has 1 aliphatic rings. The summed E-state index contributed by atoms with van der Waals surface area (Å²) in [6.07, 6.45) is -1.16. The molecular formula is C15H13Cl3F3N. The fourth-order valence-corrected chi connectivity index (χ4v) is 3.26. The number of halogens is 6. The van der Waals surface area contributed by atoms with Gasteiger partial charge in [-0.2, -0.15) is 13.2 Å². The molecule has 2 rings (SSSR count). The van der Waals surface area contributed by atoms with Crippen LogP contribution in [0, 0.1) is 0 Å². The van der Waals surface area contributed by atoms with Crippen LogP contribution in [0.4, 0.5) is 18.9 Å². The second-order valence-electron chi connectivity index (χ2n) is 5.15. The molecule has 0 heterocycles. The van der Waals surface area contributed by atoms with Crippen LogP contribution in [0.1, 0.15) is 17.0 Å². The molecule has 2 unspecified atom stereocenters. The van der Waals surface area contributed by atoms with Gasteiger partial charge in [0.2, 0.25) is 0 Å². The van der Waals surface area contributed by atoms with Crippen molar-refractivity contribution in [2.75, 3.05) is 19.0 Å². The van der Waals surface area contributed by atoms with Crippen molar-refractivity contribution in [1.82, 2.24) is 0 Å². The maximum absolute atomic E-state index is 13.1. The van der Waals surface area contributed by atoms with Crippen molar-refractivity contribution in [3.63, 3.8) is 0 Å². The fourth-order valence-electron chi connectivity index (χ4n) is 2.34. The highest BCUT2D eigenvalue weighted by molar-refractivity contribution is 6.41. The topological polar surface area (TPSA) is 3.24 Å². The summed E-state index contributed by atoms with van der Waals surface area (Å²) in [5.74, 6) is -0.471. The first-order valence-electron chi connectivity index (χ1n) is 6.39. The molecule has 0 bridgehead atoms. The minimum Gasteiger partial charge on any atom is -0.377 e. The molecule has 1 aromatic rings. The van der Waals surface area contributed by atoms with E-state index < -0.39 is 23.0 Å². The van der Waals surface area contributed by atoms with Gasteiger partial charge in [-0.3, -0.25) is 0 Å². The molecule has 0 saturated carbocycles. The lowest BCUT2D eigenvalue weighted by molar-refractivity contribution is -0.137. The van der Waals surface area contributed by atoms with E-state index in [1.807, 2.05) is 0 Å². The van der Waals surface area contributed by atoms with Gasteiger partial charge in [-0.05, 0) is 23.8 Å². The van der Waals surface area contributed by atoms with Gasteiger partial charge in [-0.1, -0.05) is 35.3 Å². The third-order valence-corrected chi connectivity index (χ3v) is 4.68. The maximum Gasteiger partial charge on any atom is 0.418 e. The number of nitrogens with zero attached hydrogens (tertiary/aromatic N) is 1. The monoisotopic (exact) mass is 369 g/mol. The number of anilines is 1. The number of allylic oxidation sites excluding steroid dienone is 4. The highest BCUT2D eigenvalue weighted by Crippen LogP contribution is 2.43. The van der Waals surface area contributed by atoms with Gasteiger partial charge in [0.05, 0.1) is 16.0 Å². The Kier molecular flexibility index (Phi) is 5.05. The highest BCUT2D eigenvalue weighted by atomic mass is 35.5. The molecule has 1 aliphatic carbocycles. The number of hydrogen-bond donors (Lipinski definition) is 0. The summed E-state index contributed by atoms with van der Waals surface area (Å²) < 4.78 is 39.2. The standard InChI is InChI=1S/C15H13Cl3F3N/c1-22(2)12-7-8(3-4-9(12)15(19,20)21)13-10(16)5-6-11(17)14(13)18/h3-7,10,13H,1-2H3. The van der Waals surface area contributed by atoms with Crippen molar-refractivity contribution in [2.45, 2.75) is 17.5 Å². The van der Waals surface area contributed by atoms with E-state index in [2.05, 4.69) is 0 Å². The van der Waals surface area contributed by atoms with Gasteiger partial charge in [0.15, 0.2) is 0 Å². The summed E-state index contributed by atoms with van der Waals surface area (Å²) in [6, 6.07) is 3.89. The largest absolute Gasteiger partial charge is 0.418 e. The van der Waals surface area contributed by atoms with Gasteiger partial charge < -0.3 is 4.90 Å². The zero-order valence-corrected chi connectivity index (χ0v) is 14.0. The Morgan fingerprint density at radius 3 is 2.32 bits per heavy atom. The molecule has 2 atom stereocenters. The minimum atomic E-state index is -4.43. The van der Waals surface area contributed by atoms with E-state index in [0.29, 0.717) is 15.6 Å². The summed E-state index contributed by atoms with van der Waals surface area (Å²) in [5.41, 5.74) is -0.0573. The molecule has 0 fully saturated rings. The third kappa shape index (κ3) is 3.39. The molecule has 0 N–H and O–H groups in total. The molecule has 1 nitrogen and oxygen atoms in total. The number of benzene rings is 1. The van der Waals surface area contributed by atoms with Crippen LogP contribution in [-0.2, 0) is 6.18 Å². The Bertz CT molecular complexity index is 635. The van der Waals surface area contributed by atoms with Crippen LogP contribution in [0.2, 0.25) is 0 Å². The normalized spacial score (nSPS) is 22.2. The van der Waals surface area contributed by atoms with Crippen LogP contribution in [0.15, 0.2) is 40.4 Å². The van der Waals surface area contributed by atoms with E-state index >= 15 is 0 Å². The van der Waals surface area contributed by atoms with Gasteiger partial charge in [0.1, 0.15) is 0 Å². The average Bonchev–Trinajstić information content (AvgIpc) is 2.42. The van der Waals surface area contributed by atoms with Crippen LogP contribution in [0.25, 0.3) is 0 Å². The molecular weight excluding hydrogens is 358 g/mol. The molecule has 0 amide bonds. The predicted octanol–water partition coefficient (Wildman–Crippen LogP) is 5.72. The molecule has 0 radical (unpaired) electrons. The molecule has 7 heteroatoms. The van der Waals surface area contributed by atoms with Gasteiger partial charge in [0.25, 0.3) is 0 Å². The fraction of sp³-hybridized carbons (Fsp3) is 0.333. The summed E-state index contributed by atoms with van der Waals surface area (Å²) in [6.45, 7) is 0. The van der Waals surface area contributed by atoms with Gasteiger partial charge in [-0.15, -0.1) is 11.6 Å². The second kappa shape index (κ2) is 6.34. The summed E-state index contributed by atoms with van der Waals surface area (Å²) in [5, 5.41) is 0.199. The SMILES string of the molecule is CN(C)c1cc(C2C(Cl)=C(Cl)C=CC2Cl)ccc1C(F)(F)F. The first-order chi connectivity index (χ1) is 10.1. The summed E-state index contributed by atoms with van der Waals surface area (Å²) in [7, 11) is 3.11. The van der Waals surface area contributed by atoms with Crippen LogP contribution >= 0.6 is 34.8 Å². The lowest BCUT2D eigenvalue weighted by Gasteiger charge is -2.26. The van der Waals surface area contributed by atoms with Crippen molar-refractivity contribution >= 4 is 40.5 Å². The molecule has 0 aliphatic heterocycles. The number of hydrogen-bond acceptors (Lipinski definition) is 1. The van der Waals surface area contributed by atoms with Crippen LogP contribution in [-0.4, -0.2) is 19.5 Å². The Morgan fingerprint density at radius 2 is 1.77 bits per heavy atom. The molecule has 0 spiro atoms. The van der Waals surface area contributed by atoms with E-state index in [1.165, 1.54) is 17.0 Å². The van der Waals surface area contributed by atoms with E-state index in [1.54, 1.807) is 26.2 Å². The zero-order chi connectivity index (χ0) is 16.7. The Hall–Kier alpha value is -0.840. The predicted molar refractivity (Wildman–Crippen MR) is 86.0 cm³/mol. The minimum absolute atomic E-state index is 0.0593. The van der Waals surface area contributed by atoms with E-state index in [4.69, 9.17) is 34.8 Å². The van der Waals surface area contributed by atoms with Crippen LogP contribution in [0.5, 0.6) is 0 Å². The van der Waals surface area contributed by atoms with Crippen molar-refractivity contribution in [1.29, 1.82) is 0 Å². The Labute approximate surface area is 141 Å². The molecule has 120 valence electrons.